The summed E-state index contributed by atoms with van der Waals surface area (Å²) in [6.07, 6.45) is 5.58. The maximum absolute atomic E-state index is 12.8. The molecule has 4 rings (SSSR count). The van der Waals surface area contributed by atoms with Gasteiger partial charge in [0.1, 0.15) is 22.4 Å². The minimum atomic E-state index is -0.492. The lowest BCUT2D eigenvalue weighted by atomic mass is 9.95. The van der Waals surface area contributed by atoms with Crippen molar-refractivity contribution in [3.63, 3.8) is 0 Å². The maximum atomic E-state index is 12.8. The molecule has 1 aromatic carbocycles. The number of thiophene rings is 1. The van der Waals surface area contributed by atoms with Gasteiger partial charge in [-0.15, -0.1) is 11.3 Å². The number of amides is 1. The first-order chi connectivity index (χ1) is 17.4. The Balaban J connectivity index is 1.67. The highest BCUT2D eigenvalue weighted by molar-refractivity contribution is 7.15. The highest BCUT2D eigenvalue weighted by atomic mass is 32.1. The number of hydrogen-bond acceptors (Lipinski definition) is 6. The van der Waals surface area contributed by atoms with E-state index in [1.54, 1.807) is 41.7 Å². The van der Waals surface area contributed by atoms with Crippen molar-refractivity contribution in [1.29, 1.82) is 5.26 Å². The van der Waals surface area contributed by atoms with Crippen molar-refractivity contribution in [2.24, 2.45) is 0 Å². The molecule has 186 valence electrons. The fraction of sp³-hybridized carbons (Fsp3) is 0.321. The number of methoxy groups -OCH3 is 1. The zero-order chi connectivity index (χ0) is 25.8. The lowest BCUT2D eigenvalue weighted by Crippen LogP contribution is -2.13. The molecule has 8 heteroatoms. The van der Waals surface area contributed by atoms with Gasteiger partial charge in [0.05, 0.1) is 19.3 Å². The number of carbonyl (C=O) groups is 2. The summed E-state index contributed by atoms with van der Waals surface area (Å²) in [6, 6.07) is 10.9. The quantitative estimate of drug-likeness (QED) is 0.251. The van der Waals surface area contributed by atoms with Crippen molar-refractivity contribution in [3.8, 4) is 16.8 Å². The molecule has 0 atom stereocenters. The first-order valence-electron chi connectivity index (χ1n) is 12.0. The van der Waals surface area contributed by atoms with Crippen LogP contribution < -0.4 is 10.1 Å². The normalized spacial score (nSPS) is 13.0. The number of nitriles is 1. The Morgan fingerprint density at radius 3 is 2.58 bits per heavy atom. The van der Waals surface area contributed by atoms with E-state index in [0.29, 0.717) is 23.6 Å². The van der Waals surface area contributed by atoms with Crippen molar-refractivity contribution < 1.29 is 19.1 Å². The number of aromatic nitrogens is 1. The van der Waals surface area contributed by atoms with Gasteiger partial charge >= 0.3 is 5.97 Å². The average Bonchev–Trinajstić information content (AvgIpc) is 3.39. The third kappa shape index (κ3) is 4.93. The summed E-state index contributed by atoms with van der Waals surface area (Å²) in [6.45, 7) is 6.34. The van der Waals surface area contributed by atoms with Gasteiger partial charge in [0.25, 0.3) is 5.91 Å². The molecule has 1 N–H and O–H groups in total. The predicted octanol–water partition coefficient (Wildman–Crippen LogP) is 5.77. The number of esters is 1. The Hall–Kier alpha value is -3.83. The van der Waals surface area contributed by atoms with E-state index in [-0.39, 0.29) is 11.5 Å². The Labute approximate surface area is 215 Å². The monoisotopic (exact) mass is 503 g/mol. The summed E-state index contributed by atoms with van der Waals surface area (Å²) in [7, 11) is 1.41. The van der Waals surface area contributed by atoms with Gasteiger partial charge in [0, 0.05) is 22.0 Å². The molecule has 3 aromatic rings. The minimum absolute atomic E-state index is 0.0113. The molecule has 0 spiro atoms. The van der Waals surface area contributed by atoms with E-state index in [2.05, 4.69) is 5.32 Å². The number of benzene rings is 1. The third-order valence-corrected chi connectivity index (χ3v) is 7.58. The van der Waals surface area contributed by atoms with E-state index in [9.17, 15) is 14.9 Å². The maximum Gasteiger partial charge on any atom is 0.341 e. The Morgan fingerprint density at radius 1 is 1.19 bits per heavy atom. The summed E-state index contributed by atoms with van der Waals surface area (Å²) in [5, 5.41) is 13.3. The Morgan fingerprint density at radius 2 is 1.92 bits per heavy atom. The number of ether oxygens (including phenoxy) is 2. The SMILES string of the molecule is CCOc1ccc(NC(=O)/C(C#N)=C\c2cc(C)n(-c3sc4c(c3C(=O)OC)CCCC4)c2C)cc1. The second-order valence-corrected chi connectivity index (χ2v) is 9.71. The first-order valence-corrected chi connectivity index (χ1v) is 12.8. The van der Waals surface area contributed by atoms with Crippen LogP contribution >= 0.6 is 11.3 Å². The number of nitrogens with zero attached hydrogens (tertiary/aromatic N) is 2. The Bertz CT molecular complexity index is 1370. The van der Waals surface area contributed by atoms with E-state index in [1.807, 2.05) is 37.5 Å². The number of aryl methyl sites for hydroxylation is 2. The molecule has 0 unspecified atom stereocenters. The van der Waals surface area contributed by atoms with Gasteiger partial charge in [0.15, 0.2) is 0 Å². The van der Waals surface area contributed by atoms with Crippen LogP contribution in [0.4, 0.5) is 5.69 Å². The largest absolute Gasteiger partial charge is 0.494 e. The molecule has 0 saturated heterocycles. The number of anilines is 1. The van der Waals surface area contributed by atoms with Gasteiger partial charge in [-0.1, -0.05) is 0 Å². The topological polar surface area (TPSA) is 93.4 Å². The van der Waals surface area contributed by atoms with Crippen LogP contribution in [0.1, 0.15) is 57.5 Å². The molecule has 0 radical (unpaired) electrons. The second-order valence-electron chi connectivity index (χ2n) is 8.63. The van der Waals surface area contributed by atoms with Gasteiger partial charge in [-0.25, -0.2) is 4.79 Å². The smallest absolute Gasteiger partial charge is 0.341 e. The zero-order valence-electron chi connectivity index (χ0n) is 20.9. The summed E-state index contributed by atoms with van der Waals surface area (Å²) in [4.78, 5) is 26.8. The van der Waals surface area contributed by atoms with E-state index in [1.165, 1.54) is 12.0 Å². The number of nitrogens with one attached hydrogen (secondary N) is 1. The van der Waals surface area contributed by atoms with Crippen LogP contribution in [0, 0.1) is 25.2 Å². The predicted molar refractivity (Wildman–Crippen MR) is 141 cm³/mol. The Kier molecular flexibility index (Phi) is 7.61. The van der Waals surface area contributed by atoms with Crippen LogP contribution in [0.15, 0.2) is 35.9 Å². The highest BCUT2D eigenvalue weighted by Gasteiger charge is 2.28. The van der Waals surface area contributed by atoms with Crippen molar-refractivity contribution >= 4 is 35.0 Å². The molecule has 0 fully saturated rings. The molecule has 36 heavy (non-hydrogen) atoms. The molecule has 1 amide bonds. The summed E-state index contributed by atoms with van der Waals surface area (Å²) in [5.74, 6) is -0.115. The zero-order valence-corrected chi connectivity index (χ0v) is 21.8. The van der Waals surface area contributed by atoms with Gasteiger partial charge in [-0.3, -0.25) is 4.79 Å². The van der Waals surface area contributed by atoms with Crippen LogP contribution in [0.2, 0.25) is 0 Å². The van der Waals surface area contributed by atoms with Gasteiger partial charge in [-0.05, 0) is 94.0 Å². The number of carbonyl (C=O) groups excluding carboxylic acids is 2. The van der Waals surface area contributed by atoms with Crippen molar-refractivity contribution in [2.75, 3.05) is 19.0 Å². The van der Waals surface area contributed by atoms with Crippen LogP contribution in [0.5, 0.6) is 5.75 Å². The van der Waals surface area contributed by atoms with Crippen molar-refractivity contribution in [1.82, 2.24) is 4.57 Å². The molecule has 0 saturated carbocycles. The van der Waals surface area contributed by atoms with Crippen LogP contribution in [-0.4, -0.2) is 30.2 Å². The van der Waals surface area contributed by atoms with E-state index < -0.39 is 5.91 Å². The molecule has 7 nitrogen and oxygen atoms in total. The molecular formula is C28H29N3O4S. The van der Waals surface area contributed by atoms with Gasteiger partial charge < -0.3 is 19.4 Å². The first kappa shape index (κ1) is 25.3. The van der Waals surface area contributed by atoms with Crippen LogP contribution in [0.3, 0.4) is 0 Å². The lowest BCUT2D eigenvalue weighted by Gasteiger charge is -2.12. The molecule has 0 bridgehead atoms. The molecule has 1 aliphatic rings. The summed E-state index contributed by atoms with van der Waals surface area (Å²) in [5.41, 5.74) is 4.77. The third-order valence-electron chi connectivity index (χ3n) is 6.30. The van der Waals surface area contributed by atoms with E-state index in [0.717, 1.165) is 53.2 Å². The standard InChI is InChI=1S/C28H29N3O4S/c1-5-35-22-12-10-21(11-13-22)30-26(32)20(16-29)15-19-14-17(2)31(18(19)3)27-25(28(33)34-4)23-8-6-7-9-24(23)36-27/h10-15H,5-9H2,1-4H3,(H,30,32)/b20-15-. The number of rotatable bonds is 7. The van der Waals surface area contributed by atoms with Crippen LogP contribution in [-0.2, 0) is 22.4 Å². The number of hydrogen-bond donors (Lipinski definition) is 1. The second kappa shape index (κ2) is 10.8. The van der Waals surface area contributed by atoms with E-state index >= 15 is 0 Å². The fourth-order valence-corrected chi connectivity index (χ4v) is 6.06. The summed E-state index contributed by atoms with van der Waals surface area (Å²) < 4.78 is 12.6. The fourth-order valence-electron chi connectivity index (χ4n) is 4.57. The molecule has 2 aromatic heterocycles. The lowest BCUT2D eigenvalue weighted by molar-refractivity contribution is -0.112. The molecular weight excluding hydrogens is 474 g/mol. The molecule has 2 heterocycles. The average molecular weight is 504 g/mol. The number of fused-ring (bicyclic) bond motifs is 1. The summed E-state index contributed by atoms with van der Waals surface area (Å²) >= 11 is 1.62. The van der Waals surface area contributed by atoms with E-state index in [4.69, 9.17) is 9.47 Å². The molecule has 1 aliphatic carbocycles. The van der Waals surface area contributed by atoms with Gasteiger partial charge in [0.2, 0.25) is 0 Å². The van der Waals surface area contributed by atoms with Crippen LogP contribution in [0.25, 0.3) is 11.1 Å². The van der Waals surface area contributed by atoms with Gasteiger partial charge in [-0.2, -0.15) is 5.26 Å². The van der Waals surface area contributed by atoms with Crippen molar-refractivity contribution in [2.45, 2.75) is 46.5 Å². The van der Waals surface area contributed by atoms with Crippen molar-refractivity contribution in [3.05, 3.63) is 68.9 Å². The minimum Gasteiger partial charge on any atom is -0.494 e. The highest BCUT2D eigenvalue weighted by Crippen LogP contribution is 2.39. The molecule has 0 aliphatic heterocycles.